The predicted molar refractivity (Wildman–Crippen MR) is 88.4 cm³/mol. The summed E-state index contributed by atoms with van der Waals surface area (Å²) in [4.78, 5) is 14.3. The molecule has 6 heteroatoms. The molecule has 0 radical (unpaired) electrons. The summed E-state index contributed by atoms with van der Waals surface area (Å²) in [6.45, 7) is 1.85. The molecule has 3 rings (SSSR count). The van der Waals surface area contributed by atoms with Crippen molar-refractivity contribution in [2.75, 3.05) is 19.7 Å². The van der Waals surface area contributed by atoms with Crippen LogP contribution in [0.2, 0.25) is 5.02 Å². The predicted octanol–water partition coefficient (Wildman–Crippen LogP) is 2.47. The standard InChI is InChI=1S/C17H20ClN3O2/c18-16-4-2-1-3-14(16)9-15-12-21(7-8-23-15)17(22)6-5-13-10-19-20-11-13/h1-4,10-11,15H,5-9,12H2,(H,19,20)/t15-/m0/s1. The van der Waals surface area contributed by atoms with E-state index in [2.05, 4.69) is 10.2 Å². The van der Waals surface area contributed by atoms with Gasteiger partial charge in [0.05, 0.1) is 18.9 Å². The number of amides is 1. The van der Waals surface area contributed by atoms with Crippen LogP contribution in [0.3, 0.4) is 0 Å². The molecule has 0 bridgehead atoms. The van der Waals surface area contributed by atoms with Crippen molar-refractivity contribution in [1.29, 1.82) is 0 Å². The van der Waals surface area contributed by atoms with Gasteiger partial charge in [0, 0.05) is 37.2 Å². The van der Waals surface area contributed by atoms with Gasteiger partial charge in [0.25, 0.3) is 0 Å². The van der Waals surface area contributed by atoms with Crippen molar-refractivity contribution in [2.45, 2.75) is 25.4 Å². The first kappa shape index (κ1) is 16.0. The molecule has 1 amide bonds. The van der Waals surface area contributed by atoms with Gasteiger partial charge in [-0.3, -0.25) is 9.89 Å². The molecule has 1 aliphatic rings. The molecule has 5 nitrogen and oxygen atoms in total. The summed E-state index contributed by atoms with van der Waals surface area (Å²) in [5.74, 6) is 0.165. The Bertz CT molecular complexity index is 645. The summed E-state index contributed by atoms with van der Waals surface area (Å²) < 4.78 is 5.80. The van der Waals surface area contributed by atoms with Gasteiger partial charge in [0.15, 0.2) is 0 Å². The van der Waals surface area contributed by atoms with Crippen LogP contribution in [0, 0.1) is 0 Å². The third-order valence-corrected chi connectivity index (χ3v) is 4.45. The Morgan fingerprint density at radius 2 is 2.30 bits per heavy atom. The van der Waals surface area contributed by atoms with E-state index in [4.69, 9.17) is 16.3 Å². The number of benzene rings is 1. The highest BCUT2D eigenvalue weighted by atomic mass is 35.5. The van der Waals surface area contributed by atoms with Crippen molar-refractivity contribution in [3.63, 3.8) is 0 Å². The summed E-state index contributed by atoms with van der Waals surface area (Å²) in [5.41, 5.74) is 2.12. The lowest BCUT2D eigenvalue weighted by molar-refractivity contribution is -0.138. The highest BCUT2D eigenvalue weighted by molar-refractivity contribution is 6.31. The minimum Gasteiger partial charge on any atom is -0.374 e. The number of aromatic nitrogens is 2. The average molecular weight is 334 g/mol. The van der Waals surface area contributed by atoms with E-state index in [1.165, 1.54) is 0 Å². The number of morpholine rings is 1. The van der Waals surface area contributed by atoms with E-state index in [0.717, 1.165) is 22.6 Å². The highest BCUT2D eigenvalue weighted by Crippen LogP contribution is 2.19. The van der Waals surface area contributed by atoms with Gasteiger partial charge < -0.3 is 9.64 Å². The molecule has 2 heterocycles. The molecule has 0 unspecified atom stereocenters. The molecule has 1 aromatic carbocycles. The summed E-state index contributed by atoms with van der Waals surface area (Å²) >= 11 is 6.20. The van der Waals surface area contributed by atoms with Crippen LogP contribution in [0.4, 0.5) is 0 Å². The van der Waals surface area contributed by atoms with E-state index in [9.17, 15) is 4.79 Å². The molecule has 23 heavy (non-hydrogen) atoms. The SMILES string of the molecule is O=C(CCc1cn[nH]c1)N1CCO[C@@H](Cc2ccccc2Cl)C1. The molecule has 0 saturated carbocycles. The van der Waals surface area contributed by atoms with Crippen molar-refractivity contribution < 1.29 is 9.53 Å². The van der Waals surface area contributed by atoms with Gasteiger partial charge in [-0.2, -0.15) is 5.10 Å². The molecule has 2 aromatic rings. The number of carbonyl (C=O) groups is 1. The van der Waals surface area contributed by atoms with Gasteiger partial charge in [0.2, 0.25) is 5.91 Å². The molecule has 1 aromatic heterocycles. The number of carbonyl (C=O) groups excluding carboxylic acids is 1. The lowest BCUT2D eigenvalue weighted by Gasteiger charge is -2.33. The number of rotatable bonds is 5. The first-order valence-corrected chi connectivity index (χ1v) is 8.20. The van der Waals surface area contributed by atoms with E-state index in [1.807, 2.05) is 35.4 Å². The second kappa shape index (κ2) is 7.62. The number of aryl methyl sites for hydroxylation is 1. The molecular weight excluding hydrogens is 314 g/mol. The number of nitrogens with one attached hydrogen (secondary N) is 1. The second-order valence-electron chi connectivity index (χ2n) is 5.73. The van der Waals surface area contributed by atoms with Gasteiger partial charge in [0.1, 0.15) is 0 Å². The zero-order valence-corrected chi connectivity index (χ0v) is 13.6. The summed E-state index contributed by atoms with van der Waals surface area (Å²) in [7, 11) is 0. The van der Waals surface area contributed by atoms with Crippen molar-refractivity contribution in [1.82, 2.24) is 15.1 Å². The van der Waals surface area contributed by atoms with E-state index in [1.54, 1.807) is 6.20 Å². The van der Waals surface area contributed by atoms with Crippen LogP contribution in [0.1, 0.15) is 17.5 Å². The first-order valence-electron chi connectivity index (χ1n) is 7.83. The summed E-state index contributed by atoms with van der Waals surface area (Å²) in [5, 5.41) is 7.41. The lowest BCUT2D eigenvalue weighted by Crippen LogP contribution is -2.46. The van der Waals surface area contributed by atoms with Crippen LogP contribution in [0.15, 0.2) is 36.7 Å². The van der Waals surface area contributed by atoms with Crippen molar-refractivity contribution in [2.24, 2.45) is 0 Å². The molecule has 1 fully saturated rings. The molecular formula is C17H20ClN3O2. The Labute approximate surface area is 140 Å². The van der Waals surface area contributed by atoms with Crippen molar-refractivity contribution >= 4 is 17.5 Å². The van der Waals surface area contributed by atoms with E-state index < -0.39 is 0 Å². The smallest absolute Gasteiger partial charge is 0.223 e. The van der Waals surface area contributed by atoms with Crippen LogP contribution in [0.5, 0.6) is 0 Å². The number of ether oxygens (including phenoxy) is 1. The molecule has 1 aliphatic heterocycles. The monoisotopic (exact) mass is 333 g/mol. The number of aromatic amines is 1. The fourth-order valence-electron chi connectivity index (χ4n) is 2.80. The van der Waals surface area contributed by atoms with Crippen LogP contribution < -0.4 is 0 Å². The number of H-pyrrole nitrogens is 1. The van der Waals surface area contributed by atoms with Gasteiger partial charge >= 0.3 is 0 Å². The third-order valence-electron chi connectivity index (χ3n) is 4.08. The minimum absolute atomic E-state index is 0.00141. The van der Waals surface area contributed by atoms with Crippen LogP contribution in [0.25, 0.3) is 0 Å². The van der Waals surface area contributed by atoms with Gasteiger partial charge in [-0.25, -0.2) is 0 Å². The first-order chi connectivity index (χ1) is 11.2. The molecule has 122 valence electrons. The zero-order chi connectivity index (χ0) is 16.1. The Balaban J connectivity index is 1.53. The fourth-order valence-corrected chi connectivity index (χ4v) is 3.02. The molecule has 0 aliphatic carbocycles. The third kappa shape index (κ3) is 4.33. The van der Waals surface area contributed by atoms with Crippen molar-refractivity contribution in [3.05, 3.63) is 52.8 Å². The Morgan fingerprint density at radius 1 is 1.43 bits per heavy atom. The maximum absolute atomic E-state index is 12.4. The molecule has 1 atom stereocenters. The minimum atomic E-state index is 0.00141. The number of hydrogen-bond acceptors (Lipinski definition) is 3. The summed E-state index contributed by atoms with van der Waals surface area (Å²) in [6, 6.07) is 7.77. The normalized spacial score (nSPS) is 18.1. The molecule has 1 N–H and O–H groups in total. The van der Waals surface area contributed by atoms with E-state index in [0.29, 0.717) is 32.5 Å². The van der Waals surface area contributed by atoms with Gasteiger partial charge in [-0.1, -0.05) is 29.8 Å². The number of nitrogens with zero attached hydrogens (tertiary/aromatic N) is 2. The van der Waals surface area contributed by atoms with Gasteiger partial charge in [-0.15, -0.1) is 0 Å². The topological polar surface area (TPSA) is 58.2 Å². The fraction of sp³-hybridized carbons (Fsp3) is 0.412. The maximum Gasteiger partial charge on any atom is 0.223 e. The van der Waals surface area contributed by atoms with Crippen molar-refractivity contribution in [3.8, 4) is 0 Å². The largest absolute Gasteiger partial charge is 0.374 e. The van der Waals surface area contributed by atoms with Crippen LogP contribution in [-0.2, 0) is 22.4 Å². The van der Waals surface area contributed by atoms with E-state index >= 15 is 0 Å². The quantitative estimate of drug-likeness (QED) is 0.914. The Morgan fingerprint density at radius 3 is 3.09 bits per heavy atom. The number of halogens is 1. The Hall–Kier alpha value is -1.85. The second-order valence-corrected chi connectivity index (χ2v) is 6.14. The average Bonchev–Trinajstić information content (AvgIpc) is 3.08. The lowest BCUT2D eigenvalue weighted by atomic mass is 10.1. The van der Waals surface area contributed by atoms with Gasteiger partial charge in [-0.05, 0) is 23.6 Å². The molecule has 1 saturated heterocycles. The number of hydrogen-bond donors (Lipinski definition) is 1. The van der Waals surface area contributed by atoms with E-state index in [-0.39, 0.29) is 12.0 Å². The zero-order valence-electron chi connectivity index (χ0n) is 12.9. The van der Waals surface area contributed by atoms with Crippen LogP contribution >= 0.6 is 11.6 Å². The molecule has 0 spiro atoms. The van der Waals surface area contributed by atoms with Crippen LogP contribution in [-0.4, -0.2) is 46.8 Å². The Kier molecular flexibility index (Phi) is 5.31. The maximum atomic E-state index is 12.4. The highest BCUT2D eigenvalue weighted by Gasteiger charge is 2.24. The summed E-state index contributed by atoms with van der Waals surface area (Å²) in [6.07, 6.45) is 5.52.